The maximum absolute atomic E-state index is 12.4. The number of unbranched alkanes of at least 4 members (excludes halogenated alkanes) is 1. The first-order valence-corrected chi connectivity index (χ1v) is 7.71. The minimum Gasteiger partial charge on any atom is -0.300 e. The molecule has 0 spiro atoms. The number of alkyl halides is 3. The molecule has 0 saturated heterocycles. The Balaban J connectivity index is 4.11. The van der Waals surface area contributed by atoms with E-state index in [1.807, 2.05) is 20.8 Å². The molecule has 0 amide bonds. The first kappa shape index (κ1) is 20.2. The topological polar surface area (TPSA) is 39.1 Å². The summed E-state index contributed by atoms with van der Waals surface area (Å²) in [5.41, 5.74) is -0.574. The lowest BCUT2D eigenvalue weighted by Gasteiger charge is -2.25. The lowest BCUT2D eigenvalue weighted by atomic mass is 9.96. The molecule has 0 aromatic rings. The fourth-order valence-electron chi connectivity index (χ4n) is 2.24. The van der Waals surface area contributed by atoms with Gasteiger partial charge in [-0.3, -0.25) is 10.2 Å². The first-order chi connectivity index (χ1) is 9.76. The molecular weight excluding hydrogens is 279 g/mol. The molecule has 0 aliphatic rings. The van der Waals surface area contributed by atoms with Crippen LogP contribution in [0.25, 0.3) is 0 Å². The Kier molecular flexibility index (Phi) is 9.63. The number of halogens is 3. The highest BCUT2D eigenvalue weighted by Gasteiger charge is 2.30. The number of nitrogens with zero attached hydrogens (tertiary/aromatic N) is 2. The van der Waals surface area contributed by atoms with E-state index in [2.05, 4.69) is 11.4 Å². The molecule has 0 aromatic heterocycles. The molecule has 0 saturated carbocycles. The predicted molar refractivity (Wildman–Crippen MR) is 78.9 cm³/mol. The van der Waals surface area contributed by atoms with Crippen molar-refractivity contribution in [3.8, 4) is 6.07 Å². The summed E-state index contributed by atoms with van der Waals surface area (Å²) in [7, 11) is 0. The van der Waals surface area contributed by atoms with Crippen LogP contribution >= 0.6 is 0 Å². The van der Waals surface area contributed by atoms with Gasteiger partial charge in [-0.05, 0) is 58.7 Å². The number of nitrogens with one attached hydrogen (secondary N) is 1. The van der Waals surface area contributed by atoms with Gasteiger partial charge >= 0.3 is 6.18 Å². The van der Waals surface area contributed by atoms with Crippen LogP contribution in [-0.2, 0) is 0 Å². The second-order valence-corrected chi connectivity index (χ2v) is 5.72. The molecule has 1 atom stereocenters. The average Bonchev–Trinajstić information content (AvgIpc) is 2.40. The summed E-state index contributed by atoms with van der Waals surface area (Å²) in [4.78, 5) is 1.45. The van der Waals surface area contributed by atoms with Crippen LogP contribution in [0.5, 0.6) is 0 Å². The molecule has 0 radical (unpaired) electrons. The maximum atomic E-state index is 12.4. The van der Waals surface area contributed by atoms with Gasteiger partial charge in [0.15, 0.2) is 0 Å². The number of hydrogen-bond acceptors (Lipinski definition) is 3. The molecule has 0 aromatic carbocycles. The molecule has 0 fully saturated rings. The van der Waals surface area contributed by atoms with E-state index < -0.39 is 18.3 Å². The average molecular weight is 307 g/mol. The zero-order valence-electron chi connectivity index (χ0n) is 13.4. The number of nitriles is 1. The number of hydrogen-bond donors (Lipinski definition) is 1. The zero-order chi connectivity index (χ0) is 16.4. The van der Waals surface area contributed by atoms with Crippen molar-refractivity contribution in [2.75, 3.05) is 26.2 Å². The Bertz CT molecular complexity index is 312. The summed E-state index contributed by atoms with van der Waals surface area (Å²) >= 11 is 0. The van der Waals surface area contributed by atoms with Gasteiger partial charge in [0.1, 0.15) is 5.54 Å². The molecule has 0 aliphatic carbocycles. The highest BCUT2D eigenvalue weighted by molar-refractivity contribution is 5.03. The van der Waals surface area contributed by atoms with Crippen LogP contribution < -0.4 is 5.32 Å². The standard InChI is InChI=1S/C15H28F3N3/c1-4-9-20-14(3,12-19)8-6-7-11-21(10-5-2)13-15(16,17)18/h20H,4-11,13H2,1-3H3. The van der Waals surface area contributed by atoms with Crippen molar-refractivity contribution in [3.63, 3.8) is 0 Å². The second kappa shape index (κ2) is 10.0. The van der Waals surface area contributed by atoms with E-state index >= 15 is 0 Å². The molecule has 124 valence electrons. The van der Waals surface area contributed by atoms with E-state index in [0.29, 0.717) is 32.4 Å². The van der Waals surface area contributed by atoms with E-state index in [1.54, 1.807) is 0 Å². The van der Waals surface area contributed by atoms with Crippen molar-refractivity contribution in [2.24, 2.45) is 0 Å². The van der Waals surface area contributed by atoms with Gasteiger partial charge in [-0.25, -0.2) is 0 Å². The van der Waals surface area contributed by atoms with Crippen LogP contribution in [0.3, 0.4) is 0 Å². The Morgan fingerprint density at radius 2 is 1.76 bits per heavy atom. The van der Waals surface area contributed by atoms with Gasteiger partial charge in [-0.15, -0.1) is 0 Å². The highest BCUT2D eigenvalue weighted by atomic mass is 19.4. The Morgan fingerprint density at radius 1 is 1.10 bits per heavy atom. The quantitative estimate of drug-likeness (QED) is 0.591. The molecule has 21 heavy (non-hydrogen) atoms. The fraction of sp³-hybridized carbons (Fsp3) is 0.933. The van der Waals surface area contributed by atoms with Crippen molar-refractivity contribution >= 4 is 0 Å². The fourth-order valence-corrected chi connectivity index (χ4v) is 2.24. The van der Waals surface area contributed by atoms with Crippen LogP contribution in [0, 0.1) is 11.3 Å². The van der Waals surface area contributed by atoms with Crippen molar-refractivity contribution in [1.29, 1.82) is 5.26 Å². The van der Waals surface area contributed by atoms with Gasteiger partial charge in [0.25, 0.3) is 0 Å². The molecule has 0 bridgehead atoms. The van der Waals surface area contributed by atoms with E-state index in [0.717, 1.165) is 19.4 Å². The summed E-state index contributed by atoms with van der Waals surface area (Å²) in [6.07, 6.45) is -0.383. The van der Waals surface area contributed by atoms with Crippen molar-refractivity contribution < 1.29 is 13.2 Å². The van der Waals surface area contributed by atoms with Crippen LogP contribution in [0.4, 0.5) is 13.2 Å². The molecular formula is C15H28F3N3. The Hall–Kier alpha value is -0.800. The van der Waals surface area contributed by atoms with Crippen molar-refractivity contribution in [1.82, 2.24) is 10.2 Å². The lowest BCUT2D eigenvalue weighted by Crippen LogP contribution is -2.41. The van der Waals surface area contributed by atoms with Crippen molar-refractivity contribution in [3.05, 3.63) is 0 Å². The normalized spacial score (nSPS) is 15.0. The van der Waals surface area contributed by atoms with E-state index in [1.165, 1.54) is 4.90 Å². The van der Waals surface area contributed by atoms with E-state index in [9.17, 15) is 18.4 Å². The van der Waals surface area contributed by atoms with Gasteiger partial charge < -0.3 is 0 Å². The summed E-state index contributed by atoms with van der Waals surface area (Å²) < 4.78 is 37.3. The molecule has 0 aliphatic heterocycles. The SMILES string of the molecule is CCCNC(C)(C#N)CCCCN(CCC)CC(F)(F)F. The molecule has 6 heteroatoms. The third-order valence-corrected chi connectivity index (χ3v) is 3.36. The summed E-state index contributed by atoms with van der Waals surface area (Å²) in [6.45, 7) is 6.59. The summed E-state index contributed by atoms with van der Waals surface area (Å²) in [6, 6.07) is 2.26. The third-order valence-electron chi connectivity index (χ3n) is 3.36. The van der Waals surface area contributed by atoms with Gasteiger partial charge in [-0.2, -0.15) is 18.4 Å². The summed E-state index contributed by atoms with van der Waals surface area (Å²) in [5, 5.41) is 12.4. The van der Waals surface area contributed by atoms with Crippen LogP contribution in [0.1, 0.15) is 52.9 Å². The molecule has 1 unspecified atom stereocenters. The third kappa shape index (κ3) is 10.6. The van der Waals surface area contributed by atoms with Crippen molar-refractivity contribution in [2.45, 2.75) is 64.6 Å². The van der Waals surface area contributed by atoms with Gasteiger partial charge in [-0.1, -0.05) is 13.8 Å². The Morgan fingerprint density at radius 3 is 2.24 bits per heavy atom. The monoisotopic (exact) mass is 307 g/mol. The van der Waals surface area contributed by atoms with Gasteiger partial charge in [0, 0.05) is 0 Å². The van der Waals surface area contributed by atoms with Crippen LogP contribution in [0.2, 0.25) is 0 Å². The molecule has 1 N–H and O–H groups in total. The Labute approximate surface area is 126 Å². The maximum Gasteiger partial charge on any atom is 0.401 e. The zero-order valence-corrected chi connectivity index (χ0v) is 13.4. The summed E-state index contributed by atoms with van der Waals surface area (Å²) in [5.74, 6) is 0. The number of rotatable bonds is 11. The highest BCUT2D eigenvalue weighted by Crippen LogP contribution is 2.18. The van der Waals surface area contributed by atoms with Gasteiger partial charge in [0.05, 0.1) is 12.6 Å². The molecule has 3 nitrogen and oxygen atoms in total. The minimum atomic E-state index is -4.14. The van der Waals surface area contributed by atoms with Crippen LogP contribution in [-0.4, -0.2) is 42.8 Å². The molecule has 0 rings (SSSR count). The smallest absolute Gasteiger partial charge is 0.300 e. The van der Waals surface area contributed by atoms with E-state index in [-0.39, 0.29) is 0 Å². The minimum absolute atomic E-state index is 0.433. The van der Waals surface area contributed by atoms with Gasteiger partial charge in [0.2, 0.25) is 0 Å². The van der Waals surface area contributed by atoms with Crippen LogP contribution in [0.15, 0.2) is 0 Å². The lowest BCUT2D eigenvalue weighted by molar-refractivity contribution is -0.146. The van der Waals surface area contributed by atoms with E-state index in [4.69, 9.17) is 0 Å². The first-order valence-electron chi connectivity index (χ1n) is 7.71. The second-order valence-electron chi connectivity index (χ2n) is 5.72. The largest absolute Gasteiger partial charge is 0.401 e. The predicted octanol–water partition coefficient (Wildman–Crippen LogP) is 3.71. The molecule has 0 heterocycles.